The van der Waals surface area contributed by atoms with Gasteiger partial charge in [-0.3, -0.25) is 4.79 Å². The third-order valence-corrected chi connectivity index (χ3v) is 10.7. The molecule has 0 heterocycles. The van der Waals surface area contributed by atoms with Crippen molar-refractivity contribution in [3.05, 3.63) is 101 Å². The lowest BCUT2D eigenvalue weighted by molar-refractivity contribution is 0.101. The van der Waals surface area contributed by atoms with Crippen molar-refractivity contribution in [1.82, 2.24) is 0 Å². The van der Waals surface area contributed by atoms with Crippen LogP contribution in [0.5, 0.6) is 0 Å². The zero-order valence-electron chi connectivity index (χ0n) is 31.6. The van der Waals surface area contributed by atoms with Gasteiger partial charge in [0.25, 0.3) is 0 Å². The first-order valence-electron chi connectivity index (χ1n) is 17.2. The van der Waals surface area contributed by atoms with Gasteiger partial charge in [-0.05, 0) is 120 Å². The van der Waals surface area contributed by atoms with Crippen LogP contribution >= 0.6 is 7.94 Å². The van der Waals surface area contributed by atoms with E-state index in [0.29, 0.717) is 16.7 Å². The number of hydrogen-bond acceptors (Lipinski definition) is 4. The minimum atomic E-state index is -4.57. The van der Waals surface area contributed by atoms with Crippen molar-refractivity contribution in [3.8, 4) is 22.3 Å². The second-order valence-corrected chi connectivity index (χ2v) is 19.5. The molecule has 0 spiro atoms. The molecule has 3 N–H and O–H groups in total. The summed E-state index contributed by atoms with van der Waals surface area (Å²) in [6.07, 6.45) is 0. The van der Waals surface area contributed by atoms with Crippen molar-refractivity contribution in [2.75, 3.05) is 0 Å². The van der Waals surface area contributed by atoms with Crippen molar-refractivity contribution in [2.45, 2.75) is 112 Å². The molecule has 0 bridgehead atoms. The third-order valence-electron chi connectivity index (χ3n) is 9.73. The van der Waals surface area contributed by atoms with Crippen LogP contribution in [0.25, 0.3) is 43.8 Å². The van der Waals surface area contributed by atoms with Crippen molar-refractivity contribution in [3.63, 3.8) is 0 Å². The first-order valence-corrected chi connectivity index (χ1v) is 18.9. The number of ketones is 1. The van der Waals surface area contributed by atoms with Gasteiger partial charge >= 0.3 is 7.94 Å². The summed E-state index contributed by atoms with van der Waals surface area (Å²) in [5, 5.41) is 4.23. The molecule has 0 aliphatic rings. The number of carbonyl (C=O) groups is 1. The molecule has 0 saturated heterocycles. The molecule has 5 aromatic carbocycles. The molecule has 5 aromatic rings. The highest BCUT2D eigenvalue weighted by Gasteiger charge is 2.41. The molecule has 0 aromatic heterocycles. The van der Waals surface area contributed by atoms with E-state index in [4.69, 9.17) is 0 Å². The highest BCUT2D eigenvalue weighted by atomic mass is 31.2. The summed E-state index contributed by atoms with van der Waals surface area (Å²) in [7, 11) is -4.57. The second kappa shape index (κ2) is 12.1. The summed E-state index contributed by atoms with van der Waals surface area (Å²) < 4.78 is 0. The fraction of sp³-hybridized carbons (Fsp3) is 0.386. The molecular weight excluding hydrogens is 623 g/mol. The normalized spacial score (nSPS) is 13.4. The van der Waals surface area contributed by atoms with Gasteiger partial charge in [0.05, 0.1) is 0 Å². The predicted molar refractivity (Wildman–Crippen MR) is 210 cm³/mol. The largest absolute Gasteiger partial charge is 0.441 e. The molecule has 0 aliphatic heterocycles. The first kappa shape index (κ1) is 36.9. The van der Waals surface area contributed by atoms with E-state index in [1.54, 1.807) is 13.0 Å². The Hall–Kier alpha value is -3.40. The third kappa shape index (κ3) is 7.26. The molecule has 0 aliphatic carbocycles. The van der Waals surface area contributed by atoms with Gasteiger partial charge in [0.2, 0.25) is 0 Å². The van der Waals surface area contributed by atoms with Gasteiger partial charge in [0.15, 0.2) is 11.1 Å². The van der Waals surface area contributed by atoms with Crippen LogP contribution in [0.3, 0.4) is 0 Å². The molecule has 0 atom stereocenters. The van der Waals surface area contributed by atoms with E-state index in [9.17, 15) is 19.5 Å². The Labute approximate surface area is 293 Å². The van der Waals surface area contributed by atoms with E-state index < -0.39 is 7.94 Å². The van der Waals surface area contributed by atoms with Gasteiger partial charge in [-0.25, -0.2) is 0 Å². The summed E-state index contributed by atoms with van der Waals surface area (Å²) in [6, 6.07) is 24.8. The van der Waals surface area contributed by atoms with Gasteiger partial charge in [-0.2, -0.15) is 14.7 Å². The quantitative estimate of drug-likeness (QED) is 0.131. The van der Waals surface area contributed by atoms with E-state index >= 15 is 0 Å². The molecule has 0 radical (unpaired) electrons. The summed E-state index contributed by atoms with van der Waals surface area (Å²) >= 11 is 0. The number of rotatable bonds is 4. The maximum atomic E-state index is 13.6. The highest BCUT2D eigenvalue weighted by molar-refractivity contribution is 7.67. The average Bonchev–Trinajstić information content (AvgIpc) is 2.96. The first-order chi connectivity index (χ1) is 22.3. The maximum Gasteiger partial charge on any atom is 0.441 e. The summed E-state index contributed by atoms with van der Waals surface area (Å²) in [4.78, 5) is 46.9. The fourth-order valence-electron chi connectivity index (χ4n) is 6.87. The molecule has 0 fully saturated rings. The Morgan fingerprint density at radius 2 is 0.898 bits per heavy atom. The van der Waals surface area contributed by atoms with E-state index in [-0.39, 0.29) is 32.7 Å². The average molecular weight is 678 g/mol. The number of carbonyl (C=O) groups excluding carboxylic acids is 1. The smallest absolute Gasteiger partial charge is 0.294 e. The van der Waals surface area contributed by atoms with Crippen LogP contribution < -0.4 is 5.30 Å². The lowest BCUT2D eigenvalue weighted by Gasteiger charge is -2.30. The maximum absolute atomic E-state index is 13.6. The van der Waals surface area contributed by atoms with Crippen LogP contribution in [0, 0.1) is 0 Å². The molecule has 0 amide bonds. The summed E-state index contributed by atoms with van der Waals surface area (Å²) in [5.41, 5.74) is 6.84. The Morgan fingerprint density at radius 3 is 1.24 bits per heavy atom. The summed E-state index contributed by atoms with van der Waals surface area (Å²) in [5.74, 6) is -0.142. The van der Waals surface area contributed by atoms with E-state index in [2.05, 4.69) is 144 Å². The zero-order valence-corrected chi connectivity index (χ0v) is 32.5. The molecule has 5 heteroatoms. The Balaban J connectivity index is 2.02. The van der Waals surface area contributed by atoms with Gasteiger partial charge < -0.3 is 0 Å². The molecule has 49 heavy (non-hydrogen) atoms. The number of benzene rings is 5. The monoisotopic (exact) mass is 677 g/mol. The Morgan fingerprint density at radius 1 is 0.490 bits per heavy atom. The lowest BCUT2D eigenvalue weighted by Crippen LogP contribution is -2.21. The van der Waals surface area contributed by atoms with Gasteiger partial charge in [0, 0.05) is 16.7 Å². The second-order valence-electron chi connectivity index (χ2n) is 17.9. The van der Waals surface area contributed by atoms with Crippen LogP contribution in [0.2, 0.25) is 0 Å². The minimum Gasteiger partial charge on any atom is -0.294 e. The van der Waals surface area contributed by atoms with Gasteiger partial charge in [-0.15, -0.1) is 0 Å². The SMILES string of the molecule is CC(=O)c1ccc([P+](O)(O)O)c(-c2cc3ccc(C(C)(C)C)cc3cc2C(C)(C)C)c1-c1cc2ccc(C(C)(C)C)cc2cc1C(C)(C)C. The Kier molecular flexibility index (Phi) is 9.13. The molecule has 0 unspecified atom stereocenters. The zero-order chi connectivity index (χ0) is 36.6. The van der Waals surface area contributed by atoms with E-state index in [1.807, 2.05) is 0 Å². The lowest BCUT2D eigenvalue weighted by atomic mass is 9.74. The standard InChI is InChI=1S/C44H54O4P/c1-26(45)33-18-19-38(49(46,47)48)40(35-23-28-15-17-32(42(5,6)7)21-30(28)25-37(35)44(11,12)13)39(33)34-22-27-14-16-31(41(2,3)4)20-29(27)24-36(34)43(8,9)10/h14-25,46-48H,1-13H3/q+1. The van der Waals surface area contributed by atoms with Crippen molar-refractivity contribution in [2.24, 2.45) is 0 Å². The number of Topliss-reactive ketones (excluding diaryl/α,β-unsaturated/α-hetero) is 1. The topological polar surface area (TPSA) is 77.8 Å². The van der Waals surface area contributed by atoms with Crippen molar-refractivity contribution < 1.29 is 19.5 Å². The van der Waals surface area contributed by atoms with Crippen LogP contribution in [0.15, 0.2) is 72.8 Å². The van der Waals surface area contributed by atoms with Gasteiger partial charge in [0.1, 0.15) is 0 Å². The van der Waals surface area contributed by atoms with Crippen LogP contribution in [0.4, 0.5) is 0 Å². The van der Waals surface area contributed by atoms with Crippen LogP contribution in [-0.2, 0) is 21.7 Å². The van der Waals surface area contributed by atoms with Gasteiger partial charge in [-0.1, -0.05) is 119 Å². The molecule has 0 saturated carbocycles. The summed E-state index contributed by atoms with van der Waals surface area (Å²) in [6.45, 7) is 27.7. The van der Waals surface area contributed by atoms with E-state index in [1.165, 1.54) is 17.2 Å². The Bertz CT molecular complexity index is 2100. The van der Waals surface area contributed by atoms with Crippen molar-refractivity contribution >= 4 is 40.6 Å². The van der Waals surface area contributed by atoms with E-state index in [0.717, 1.165) is 43.8 Å². The van der Waals surface area contributed by atoms with Crippen molar-refractivity contribution in [1.29, 1.82) is 0 Å². The molecule has 4 nitrogen and oxygen atoms in total. The molecule has 258 valence electrons. The number of hydrogen-bond donors (Lipinski definition) is 3. The molecular formula is C44H54O4P+. The highest BCUT2D eigenvalue weighted by Crippen LogP contribution is 2.52. The van der Waals surface area contributed by atoms with Crippen LogP contribution in [0.1, 0.15) is 123 Å². The molecule has 5 rings (SSSR count). The van der Waals surface area contributed by atoms with Crippen LogP contribution in [-0.4, -0.2) is 20.5 Å². The fourth-order valence-corrected chi connectivity index (χ4v) is 7.68. The number of fused-ring (bicyclic) bond motifs is 2. The minimum absolute atomic E-state index is 0.0262. The predicted octanol–water partition coefficient (Wildman–Crippen LogP) is 11.1.